The van der Waals surface area contributed by atoms with Crippen molar-refractivity contribution >= 4 is 5.96 Å². The molecule has 27 heavy (non-hydrogen) atoms. The van der Waals surface area contributed by atoms with Crippen molar-refractivity contribution in [3.8, 4) is 5.75 Å². The van der Waals surface area contributed by atoms with E-state index < -0.39 is 0 Å². The highest BCUT2D eigenvalue weighted by atomic mass is 16.5. The van der Waals surface area contributed by atoms with Gasteiger partial charge in [-0.15, -0.1) is 0 Å². The molecule has 2 aliphatic rings. The predicted octanol–water partition coefficient (Wildman–Crippen LogP) is 1.55. The van der Waals surface area contributed by atoms with Crippen molar-refractivity contribution in [1.29, 1.82) is 0 Å². The maximum Gasteiger partial charge on any atom is 0.193 e. The molecule has 3 heterocycles. The van der Waals surface area contributed by atoms with Crippen LogP contribution >= 0.6 is 0 Å². The van der Waals surface area contributed by atoms with Crippen LogP contribution in [-0.2, 0) is 24.6 Å². The van der Waals surface area contributed by atoms with E-state index in [1.165, 1.54) is 11.1 Å². The number of hydrogen-bond acceptors (Lipinski definition) is 4. The van der Waals surface area contributed by atoms with Gasteiger partial charge in [0.15, 0.2) is 5.96 Å². The lowest BCUT2D eigenvalue weighted by Crippen LogP contribution is -2.48. The number of guanidine groups is 1. The van der Waals surface area contributed by atoms with E-state index in [9.17, 15) is 0 Å². The monoisotopic (exact) mass is 369 g/mol. The number of ether oxygens (including phenoxy) is 2. The van der Waals surface area contributed by atoms with Gasteiger partial charge in [0.25, 0.3) is 0 Å². The first-order valence-corrected chi connectivity index (χ1v) is 9.53. The number of benzene rings is 1. The Kier molecular flexibility index (Phi) is 5.29. The molecule has 0 spiro atoms. The van der Waals surface area contributed by atoms with Crippen LogP contribution in [0.4, 0.5) is 0 Å². The SMILES string of the molecule is CN=C(NCCc1ccc2c(c1)CCO2)N1CCOC(c2cnn(C)c2)C1. The Labute approximate surface area is 160 Å². The second kappa shape index (κ2) is 8.00. The maximum atomic E-state index is 5.93. The van der Waals surface area contributed by atoms with Crippen LogP contribution in [0.1, 0.15) is 22.8 Å². The zero-order valence-electron chi connectivity index (χ0n) is 16.0. The summed E-state index contributed by atoms with van der Waals surface area (Å²) in [6.45, 7) is 3.96. The molecular weight excluding hydrogens is 342 g/mol. The minimum Gasteiger partial charge on any atom is -0.493 e. The normalized spacial score (nSPS) is 19.7. The van der Waals surface area contributed by atoms with Gasteiger partial charge < -0.3 is 19.7 Å². The fourth-order valence-corrected chi connectivity index (χ4v) is 3.70. The molecule has 1 N–H and O–H groups in total. The summed E-state index contributed by atoms with van der Waals surface area (Å²) in [6.07, 6.45) is 5.90. The van der Waals surface area contributed by atoms with E-state index in [4.69, 9.17) is 9.47 Å². The number of aliphatic imine (C=N–C) groups is 1. The average Bonchev–Trinajstić information content (AvgIpc) is 3.34. The van der Waals surface area contributed by atoms with Gasteiger partial charge in [0.1, 0.15) is 11.9 Å². The van der Waals surface area contributed by atoms with E-state index in [-0.39, 0.29) is 6.10 Å². The van der Waals surface area contributed by atoms with Gasteiger partial charge in [0.2, 0.25) is 0 Å². The standard InChI is InChI=1S/C20H27N5O2/c1-21-20(22-7-5-15-3-4-18-16(11-15)6-9-26-18)25-8-10-27-19(14-25)17-12-23-24(2)13-17/h3-4,11-13,19H,5-10,14H2,1-2H3,(H,21,22). The molecule has 0 amide bonds. The summed E-state index contributed by atoms with van der Waals surface area (Å²) in [4.78, 5) is 6.73. The summed E-state index contributed by atoms with van der Waals surface area (Å²) in [5.41, 5.74) is 3.76. The Morgan fingerprint density at radius 3 is 3.11 bits per heavy atom. The fourth-order valence-electron chi connectivity index (χ4n) is 3.70. The molecule has 1 saturated heterocycles. The lowest BCUT2D eigenvalue weighted by atomic mass is 10.1. The van der Waals surface area contributed by atoms with Crippen molar-refractivity contribution in [3.63, 3.8) is 0 Å². The van der Waals surface area contributed by atoms with Crippen LogP contribution in [0.2, 0.25) is 0 Å². The molecule has 0 saturated carbocycles. The molecule has 1 atom stereocenters. The van der Waals surface area contributed by atoms with Crippen LogP contribution in [0.25, 0.3) is 0 Å². The third-order valence-corrected chi connectivity index (χ3v) is 5.13. The van der Waals surface area contributed by atoms with Crippen LogP contribution in [0.5, 0.6) is 5.75 Å². The van der Waals surface area contributed by atoms with Gasteiger partial charge in [-0.05, 0) is 23.6 Å². The average molecular weight is 369 g/mol. The van der Waals surface area contributed by atoms with E-state index in [0.717, 1.165) is 56.4 Å². The number of fused-ring (bicyclic) bond motifs is 1. The molecule has 7 heteroatoms. The van der Waals surface area contributed by atoms with Gasteiger partial charge in [0, 0.05) is 45.4 Å². The quantitative estimate of drug-likeness (QED) is 0.654. The topological polar surface area (TPSA) is 63.9 Å². The van der Waals surface area contributed by atoms with Crippen molar-refractivity contribution < 1.29 is 9.47 Å². The van der Waals surface area contributed by atoms with Crippen LogP contribution < -0.4 is 10.1 Å². The van der Waals surface area contributed by atoms with Crippen molar-refractivity contribution in [2.24, 2.45) is 12.0 Å². The summed E-state index contributed by atoms with van der Waals surface area (Å²) in [5, 5.41) is 7.75. The lowest BCUT2D eigenvalue weighted by Gasteiger charge is -2.34. The second-order valence-corrected chi connectivity index (χ2v) is 7.02. The number of hydrogen-bond donors (Lipinski definition) is 1. The summed E-state index contributed by atoms with van der Waals surface area (Å²) >= 11 is 0. The smallest absolute Gasteiger partial charge is 0.193 e. The predicted molar refractivity (Wildman–Crippen MR) is 104 cm³/mol. The minimum absolute atomic E-state index is 0.0303. The second-order valence-electron chi connectivity index (χ2n) is 7.02. The molecule has 1 aromatic heterocycles. The zero-order chi connectivity index (χ0) is 18.6. The summed E-state index contributed by atoms with van der Waals surface area (Å²) in [7, 11) is 3.76. The first-order valence-electron chi connectivity index (χ1n) is 9.53. The van der Waals surface area contributed by atoms with Gasteiger partial charge in [-0.2, -0.15) is 5.10 Å². The van der Waals surface area contributed by atoms with Crippen molar-refractivity contribution in [2.45, 2.75) is 18.9 Å². The third-order valence-electron chi connectivity index (χ3n) is 5.13. The Bertz CT molecular complexity index is 816. The molecule has 1 fully saturated rings. The fraction of sp³-hybridized carbons (Fsp3) is 0.500. The van der Waals surface area contributed by atoms with E-state index in [0.29, 0.717) is 6.61 Å². The first kappa shape index (κ1) is 17.9. The highest BCUT2D eigenvalue weighted by molar-refractivity contribution is 5.80. The van der Waals surface area contributed by atoms with Gasteiger partial charge in [-0.25, -0.2) is 0 Å². The van der Waals surface area contributed by atoms with E-state index in [2.05, 4.69) is 38.5 Å². The Morgan fingerprint density at radius 2 is 2.30 bits per heavy atom. The Morgan fingerprint density at radius 1 is 1.37 bits per heavy atom. The number of aromatic nitrogens is 2. The molecule has 4 rings (SSSR count). The summed E-state index contributed by atoms with van der Waals surface area (Å²) in [6, 6.07) is 6.51. The van der Waals surface area contributed by atoms with Crippen molar-refractivity contribution in [2.75, 3.05) is 39.9 Å². The van der Waals surface area contributed by atoms with Crippen LogP contribution in [0, 0.1) is 0 Å². The van der Waals surface area contributed by atoms with Gasteiger partial charge in [-0.3, -0.25) is 9.67 Å². The molecule has 0 bridgehead atoms. The van der Waals surface area contributed by atoms with Gasteiger partial charge in [0.05, 0.1) is 26.0 Å². The van der Waals surface area contributed by atoms with Crippen molar-refractivity contribution in [3.05, 3.63) is 47.3 Å². The minimum atomic E-state index is 0.0303. The highest BCUT2D eigenvalue weighted by Crippen LogP contribution is 2.26. The molecule has 7 nitrogen and oxygen atoms in total. The highest BCUT2D eigenvalue weighted by Gasteiger charge is 2.25. The number of rotatable bonds is 4. The summed E-state index contributed by atoms with van der Waals surface area (Å²) in [5.74, 6) is 1.97. The van der Waals surface area contributed by atoms with Crippen molar-refractivity contribution in [1.82, 2.24) is 20.0 Å². The molecule has 0 radical (unpaired) electrons. The van der Waals surface area contributed by atoms with Crippen LogP contribution in [0.15, 0.2) is 35.6 Å². The third kappa shape index (κ3) is 4.08. The molecule has 1 unspecified atom stereocenters. The number of nitrogens with zero attached hydrogens (tertiary/aromatic N) is 4. The Hall–Kier alpha value is -2.54. The molecule has 0 aliphatic carbocycles. The number of aryl methyl sites for hydroxylation is 1. The largest absolute Gasteiger partial charge is 0.493 e. The number of morpholine rings is 1. The molecule has 2 aliphatic heterocycles. The van der Waals surface area contributed by atoms with Crippen LogP contribution in [0.3, 0.4) is 0 Å². The summed E-state index contributed by atoms with van der Waals surface area (Å²) < 4.78 is 13.3. The van der Waals surface area contributed by atoms with Gasteiger partial charge >= 0.3 is 0 Å². The zero-order valence-corrected chi connectivity index (χ0v) is 16.0. The number of nitrogens with one attached hydrogen (secondary N) is 1. The van der Waals surface area contributed by atoms with Crippen LogP contribution in [-0.4, -0.2) is 60.5 Å². The molecule has 1 aromatic carbocycles. The Balaban J connectivity index is 1.32. The van der Waals surface area contributed by atoms with E-state index in [1.54, 1.807) is 0 Å². The molecular formula is C20H27N5O2. The molecule has 144 valence electrons. The lowest BCUT2D eigenvalue weighted by molar-refractivity contribution is -0.00800. The molecule has 2 aromatic rings. The van der Waals surface area contributed by atoms with E-state index in [1.807, 2.05) is 31.2 Å². The maximum absolute atomic E-state index is 5.93. The van der Waals surface area contributed by atoms with E-state index >= 15 is 0 Å². The first-order chi connectivity index (χ1) is 13.2. The van der Waals surface area contributed by atoms with Gasteiger partial charge in [-0.1, -0.05) is 12.1 Å².